The van der Waals surface area contributed by atoms with Gasteiger partial charge in [0.15, 0.2) is 18.1 Å². The normalized spacial score (nSPS) is 16.1. The first kappa shape index (κ1) is 23.9. The Balaban J connectivity index is 1.25. The van der Waals surface area contributed by atoms with E-state index in [-0.39, 0.29) is 30.9 Å². The van der Waals surface area contributed by atoms with Crippen LogP contribution in [0, 0.1) is 5.92 Å². The van der Waals surface area contributed by atoms with Gasteiger partial charge in [-0.1, -0.05) is 19.1 Å². The molecule has 0 aromatic heterocycles. The molecule has 2 amide bonds. The predicted molar refractivity (Wildman–Crippen MR) is 134 cm³/mol. The molecule has 2 fully saturated rings. The lowest BCUT2D eigenvalue weighted by atomic mass is 9.99. The largest absolute Gasteiger partial charge is 0.493 e. The van der Waals surface area contributed by atoms with Gasteiger partial charge in [0.2, 0.25) is 5.91 Å². The SMILES string of the molecule is COc1ccccc1OCC(=O)N(CCC(=O)Nc1ccc(N2CCC(C)CC2)cc1)C1CC1. The average Bonchev–Trinajstić information content (AvgIpc) is 3.69. The molecule has 1 saturated heterocycles. The summed E-state index contributed by atoms with van der Waals surface area (Å²) in [4.78, 5) is 29.5. The molecule has 2 aliphatic rings. The maximum Gasteiger partial charge on any atom is 0.260 e. The smallest absolute Gasteiger partial charge is 0.260 e. The van der Waals surface area contributed by atoms with Crippen LogP contribution in [-0.2, 0) is 9.59 Å². The Hall–Kier alpha value is -3.22. The van der Waals surface area contributed by atoms with Gasteiger partial charge in [0.25, 0.3) is 5.91 Å². The van der Waals surface area contributed by atoms with Crippen LogP contribution in [-0.4, -0.2) is 56.1 Å². The van der Waals surface area contributed by atoms with Crippen LogP contribution in [0.5, 0.6) is 11.5 Å². The number of para-hydroxylation sites is 2. The number of piperidine rings is 1. The number of hydrogen-bond donors (Lipinski definition) is 1. The molecule has 0 bridgehead atoms. The molecule has 0 spiro atoms. The third kappa shape index (κ3) is 6.43. The monoisotopic (exact) mass is 465 g/mol. The Kier molecular flexibility index (Phi) is 7.93. The summed E-state index contributed by atoms with van der Waals surface area (Å²) in [6, 6.07) is 15.5. The maximum absolute atomic E-state index is 12.8. The highest BCUT2D eigenvalue weighted by Crippen LogP contribution is 2.29. The number of hydrogen-bond acceptors (Lipinski definition) is 5. The molecule has 7 nitrogen and oxygen atoms in total. The quantitative estimate of drug-likeness (QED) is 0.566. The second-order valence-corrected chi connectivity index (χ2v) is 9.27. The van der Waals surface area contributed by atoms with E-state index in [0.29, 0.717) is 18.0 Å². The molecule has 2 aromatic rings. The number of nitrogens with one attached hydrogen (secondary N) is 1. The van der Waals surface area contributed by atoms with Crippen LogP contribution in [0.15, 0.2) is 48.5 Å². The Labute approximate surface area is 202 Å². The number of amides is 2. The highest BCUT2D eigenvalue weighted by Gasteiger charge is 2.33. The number of ether oxygens (including phenoxy) is 2. The van der Waals surface area contributed by atoms with Gasteiger partial charge in [0.05, 0.1) is 7.11 Å². The Morgan fingerprint density at radius 3 is 2.32 bits per heavy atom. The van der Waals surface area contributed by atoms with E-state index in [4.69, 9.17) is 9.47 Å². The van der Waals surface area contributed by atoms with Crippen LogP contribution >= 0.6 is 0 Å². The molecule has 182 valence electrons. The fourth-order valence-electron chi connectivity index (χ4n) is 4.33. The van der Waals surface area contributed by atoms with Crippen molar-refractivity contribution in [1.82, 2.24) is 4.90 Å². The molecule has 1 aliphatic heterocycles. The molecule has 1 saturated carbocycles. The molecular formula is C27H35N3O4. The van der Waals surface area contributed by atoms with Crippen molar-refractivity contribution in [3.05, 3.63) is 48.5 Å². The molecular weight excluding hydrogens is 430 g/mol. The lowest BCUT2D eigenvalue weighted by Crippen LogP contribution is -2.38. The highest BCUT2D eigenvalue weighted by molar-refractivity contribution is 5.91. The van der Waals surface area contributed by atoms with Gasteiger partial charge >= 0.3 is 0 Å². The maximum atomic E-state index is 12.8. The third-order valence-electron chi connectivity index (χ3n) is 6.61. The summed E-state index contributed by atoms with van der Waals surface area (Å²) in [5.74, 6) is 1.72. The van der Waals surface area contributed by atoms with E-state index in [1.165, 1.54) is 18.5 Å². The molecule has 7 heteroatoms. The van der Waals surface area contributed by atoms with E-state index < -0.39 is 0 Å². The minimum absolute atomic E-state index is 0.0742. The zero-order valence-electron chi connectivity index (χ0n) is 20.2. The van der Waals surface area contributed by atoms with Crippen molar-refractivity contribution in [2.24, 2.45) is 5.92 Å². The van der Waals surface area contributed by atoms with Crippen LogP contribution in [0.3, 0.4) is 0 Å². The highest BCUT2D eigenvalue weighted by atomic mass is 16.5. The summed E-state index contributed by atoms with van der Waals surface area (Å²) in [7, 11) is 1.57. The summed E-state index contributed by atoms with van der Waals surface area (Å²) < 4.78 is 11.0. The lowest BCUT2D eigenvalue weighted by molar-refractivity contribution is -0.134. The number of rotatable bonds is 10. The van der Waals surface area contributed by atoms with Gasteiger partial charge < -0.3 is 24.6 Å². The second kappa shape index (κ2) is 11.3. The zero-order valence-corrected chi connectivity index (χ0v) is 20.2. The molecule has 1 aliphatic carbocycles. The molecule has 0 unspecified atom stereocenters. The van der Waals surface area contributed by atoms with Gasteiger partial charge in [-0.3, -0.25) is 9.59 Å². The van der Waals surface area contributed by atoms with Crippen molar-refractivity contribution >= 4 is 23.2 Å². The Morgan fingerprint density at radius 1 is 1.00 bits per heavy atom. The van der Waals surface area contributed by atoms with Gasteiger partial charge in [-0.05, 0) is 68.0 Å². The molecule has 4 rings (SSSR count). The number of anilines is 2. The fourth-order valence-corrected chi connectivity index (χ4v) is 4.33. The topological polar surface area (TPSA) is 71.1 Å². The van der Waals surface area contributed by atoms with E-state index in [1.807, 2.05) is 24.3 Å². The van der Waals surface area contributed by atoms with Crippen LogP contribution in [0.4, 0.5) is 11.4 Å². The van der Waals surface area contributed by atoms with Crippen molar-refractivity contribution in [2.75, 3.05) is 43.6 Å². The molecule has 1 heterocycles. The minimum atomic E-state index is -0.110. The van der Waals surface area contributed by atoms with Gasteiger partial charge in [0.1, 0.15) is 0 Å². The average molecular weight is 466 g/mol. The van der Waals surface area contributed by atoms with E-state index in [1.54, 1.807) is 24.1 Å². The summed E-state index contributed by atoms with van der Waals surface area (Å²) in [6.45, 7) is 4.78. The summed E-state index contributed by atoms with van der Waals surface area (Å²) in [6.07, 6.45) is 4.64. The predicted octanol–water partition coefficient (Wildman–Crippen LogP) is 4.33. The first-order chi connectivity index (χ1) is 16.5. The first-order valence-electron chi connectivity index (χ1n) is 12.2. The van der Waals surface area contributed by atoms with Crippen LogP contribution in [0.1, 0.15) is 39.0 Å². The molecule has 0 atom stereocenters. The van der Waals surface area contributed by atoms with E-state index >= 15 is 0 Å². The number of benzene rings is 2. The van der Waals surface area contributed by atoms with E-state index in [2.05, 4.69) is 29.3 Å². The Morgan fingerprint density at radius 2 is 1.68 bits per heavy atom. The molecule has 34 heavy (non-hydrogen) atoms. The molecule has 1 N–H and O–H groups in total. The van der Waals surface area contributed by atoms with E-state index in [9.17, 15) is 9.59 Å². The number of carbonyl (C=O) groups is 2. The van der Waals surface area contributed by atoms with Gasteiger partial charge in [0, 0.05) is 43.5 Å². The lowest BCUT2D eigenvalue weighted by Gasteiger charge is -2.32. The first-order valence-corrected chi connectivity index (χ1v) is 12.2. The van der Waals surface area contributed by atoms with Crippen LogP contribution < -0.4 is 19.7 Å². The third-order valence-corrected chi connectivity index (χ3v) is 6.61. The van der Waals surface area contributed by atoms with Crippen LogP contribution in [0.2, 0.25) is 0 Å². The number of carbonyl (C=O) groups excluding carboxylic acids is 2. The summed E-state index contributed by atoms with van der Waals surface area (Å²) in [5, 5.41) is 2.96. The van der Waals surface area contributed by atoms with Gasteiger partial charge in [-0.2, -0.15) is 0 Å². The zero-order chi connectivity index (χ0) is 23.9. The van der Waals surface area contributed by atoms with Gasteiger partial charge in [-0.15, -0.1) is 0 Å². The van der Waals surface area contributed by atoms with Gasteiger partial charge in [-0.25, -0.2) is 0 Å². The Bertz CT molecular complexity index is 966. The number of methoxy groups -OCH3 is 1. The number of nitrogens with zero attached hydrogens (tertiary/aromatic N) is 2. The fraction of sp³-hybridized carbons (Fsp3) is 0.481. The van der Waals surface area contributed by atoms with Crippen molar-refractivity contribution in [2.45, 2.75) is 45.1 Å². The van der Waals surface area contributed by atoms with E-state index in [0.717, 1.165) is 37.5 Å². The second-order valence-electron chi connectivity index (χ2n) is 9.27. The standard InChI is InChI=1S/C27H35N3O4/c1-20-13-16-29(17-14-20)22-9-7-21(8-10-22)28-26(31)15-18-30(23-11-12-23)27(32)19-34-25-6-4-3-5-24(25)33-2/h3-10,20,23H,11-19H2,1-2H3,(H,28,31). The molecule has 0 radical (unpaired) electrons. The van der Waals surface area contributed by atoms with Crippen molar-refractivity contribution in [3.63, 3.8) is 0 Å². The molecule has 2 aromatic carbocycles. The summed E-state index contributed by atoms with van der Waals surface area (Å²) in [5.41, 5.74) is 1.98. The van der Waals surface area contributed by atoms with Crippen molar-refractivity contribution in [1.29, 1.82) is 0 Å². The van der Waals surface area contributed by atoms with Crippen LogP contribution in [0.25, 0.3) is 0 Å². The summed E-state index contributed by atoms with van der Waals surface area (Å²) >= 11 is 0. The van der Waals surface area contributed by atoms with Crippen molar-refractivity contribution in [3.8, 4) is 11.5 Å². The minimum Gasteiger partial charge on any atom is -0.493 e. The van der Waals surface area contributed by atoms with Crippen molar-refractivity contribution < 1.29 is 19.1 Å².